The van der Waals surface area contributed by atoms with Gasteiger partial charge in [0.1, 0.15) is 0 Å². The molecule has 1 aromatic carbocycles. The van der Waals surface area contributed by atoms with Crippen molar-refractivity contribution in [3.8, 4) is 0 Å². The molecule has 1 aromatic rings. The fraction of sp³-hybridized carbons (Fsp3) is 0.286. The van der Waals surface area contributed by atoms with Crippen LogP contribution in [-0.4, -0.2) is 23.1 Å². The summed E-state index contributed by atoms with van der Waals surface area (Å²) in [6, 6.07) is 0. The molecular formula is C14H10O4. The van der Waals surface area contributed by atoms with E-state index in [9.17, 15) is 19.2 Å². The number of hydrogen-bond acceptors (Lipinski definition) is 4. The molecule has 4 nitrogen and oxygen atoms in total. The van der Waals surface area contributed by atoms with Gasteiger partial charge in [0.2, 0.25) is 0 Å². The Morgan fingerprint density at radius 1 is 0.556 bits per heavy atom. The first-order chi connectivity index (χ1) is 8.43. The molecule has 3 rings (SSSR count). The molecule has 0 unspecified atom stereocenters. The molecule has 0 fully saturated rings. The fourth-order valence-corrected chi connectivity index (χ4v) is 3.04. The summed E-state index contributed by atoms with van der Waals surface area (Å²) >= 11 is 0. The molecule has 2 aliphatic carbocycles. The molecule has 0 amide bonds. The highest BCUT2D eigenvalue weighted by Gasteiger charge is 2.39. The Kier molecular flexibility index (Phi) is 1.97. The number of Topliss-reactive ketones (excluding diaryl/α,β-unsaturated/α-hetero) is 4. The van der Waals surface area contributed by atoms with Crippen molar-refractivity contribution in [3.63, 3.8) is 0 Å². The van der Waals surface area contributed by atoms with Gasteiger partial charge in [-0.15, -0.1) is 0 Å². The van der Waals surface area contributed by atoms with Crippen LogP contribution in [0.1, 0.15) is 65.4 Å². The first kappa shape index (κ1) is 11.0. The van der Waals surface area contributed by atoms with Crippen LogP contribution in [0, 0.1) is 13.8 Å². The molecule has 4 heteroatoms. The van der Waals surface area contributed by atoms with E-state index >= 15 is 0 Å². The Hall–Kier alpha value is -2.10. The van der Waals surface area contributed by atoms with E-state index < -0.39 is 0 Å². The molecular weight excluding hydrogens is 232 g/mol. The standard InChI is InChI=1S/C14H10O4/c1-5-11-7(15)3-9(17)13(11)6(2)14-10(18)4-8(16)12(5)14/h3-4H2,1-2H3. The summed E-state index contributed by atoms with van der Waals surface area (Å²) in [5, 5.41) is 0. The molecule has 0 atom stereocenters. The highest BCUT2D eigenvalue weighted by atomic mass is 16.2. The second kappa shape index (κ2) is 3.22. The maximum Gasteiger partial charge on any atom is 0.171 e. The largest absolute Gasteiger partial charge is 0.294 e. The van der Waals surface area contributed by atoms with E-state index in [0.717, 1.165) is 0 Å². The second-order valence-corrected chi connectivity index (χ2v) is 4.80. The lowest BCUT2D eigenvalue weighted by Gasteiger charge is -2.11. The van der Waals surface area contributed by atoms with Gasteiger partial charge in [0.05, 0.1) is 12.8 Å². The zero-order valence-corrected chi connectivity index (χ0v) is 10.0. The molecule has 0 saturated carbocycles. The van der Waals surface area contributed by atoms with Gasteiger partial charge in [0, 0.05) is 22.3 Å². The number of benzene rings is 1. The number of carbonyl (C=O) groups excluding carboxylic acids is 4. The summed E-state index contributed by atoms with van der Waals surface area (Å²) in [6.07, 6.45) is -0.301. The lowest BCUT2D eigenvalue weighted by Crippen LogP contribution is -2.08. The fourth-order valence-electron chi connectivity index (χ4n) is 3.04. The van der Waals surface area contributed by atoms with E-state index in [1.54, 1.807) is 13.8 Å². The summed E-state index contributed by atoms with van der Waals surface area (Å²) in [5.74, 6) is -0.979. The maximum atomic E-state index is 11.8. The molecule has 0 aliphatic heterocycles. The quantitative estimate of drug-likeness (QED) is 0.651. The van der Waals surface area contributed by atoms with Crippen LogP contribution in [0.15, 0.2) is 0 Å². The molecule has 0 bridgehead atoms. The van der Waals surface area contributed by atoms with Crippen LogP contribution < -0.4 is 0 Å². The van der Waals surface area contributed by atoms with Crippen LogP contribution in [0.4, 0.5) is 0 Å². The third-order valence-electron chi connectivity index (χ3n) is 3.76. The highest BCUT2D eigenvalue weighted by Crippen LogP contribution is 2.37. The van der Waals surface area contributed by atoms with E-state index in [-0.39, 0.29) is 36.0 Å². The van der Waals surface area contributed by atoms with Crippen LogP contribution >= 0.6 is 0 Å². The van der Waals surface area contributed by atoms with Gasteiger partial charge in [-0.25, -0.2) is 0 Å². The Balaban J connectivity index is 2.51. The predicted molar refractivity (Wildman–Crippen MR) is 62.5 cm³/mol. The first-order valence-electron chi connectivity index (χ1n) is 5.73. The van der Waals surface area contributed by atoms with Crippen molar-refractivity contribution in [2.45, 2.75) is 26.7 Å². The van der Waals surface area contributed by atoms with Crippen molar-refractivity contribution in [1.82, 2.24) is 0 Å². The summed E-state index contributed by atoms with van der Waals surface area (Å²) in [4.78, 5) is 47.3. The van der Waals surface area contributed by atoms with Crippen molar-refractivity contribution in [2.75, 3.05) is 0 Å². The van der Waals surface area contributed by atoms with Crippen molar-refractivity contribution in [3.05, 3.63) is 33.4 Å². The molecule has 0 spiro atoms. The van der Waals surface area contributed by atoms with Gasteiger partial charge in [-0.3, -0.25) is 19.2 Å². The van der Waals surface area contributed by atoms with Crippen molar-refractivity contribution < 1.29 is 19.2 Å². The monoisotopic (exact) mass is 242 g/mol. The summed E-state index contributed by atoms with van der Waals surface area (Å²) in [5.41, 5.74) is 2.38. The smallest absolute Gasteiger partial charge is 0.171 e. The van der Waals surface area contributed by atoms with E-state index in [2.05, 4.69) is 0 Å². The van der Waals surface area contributed by atoms with Crippen LogP contribution in [0.2, 0.25) is 0 Å². The lowest BCUT2D eigenvalue weighted by atomic mass is 9.89. The van der Waals surface area contributed by atoms with Crippen LogP contribution in [0.3, 0.4) is 0 Å². The van der Waals surface area contributed by atoms with Crippen molar-refractivity contribution in [2.24, 2.45) is 0 Å². The summed E-state index contributed by atoms with van der Waals surface area (Å²) in [6.45, 7) is 3.29. The summed E-state index contributed by atoms with van der Waals surface area (Å²) < 4.78 is 0. The number of rotatable bonds is 0. The second-order valence-electron chi connectivity index (χ2n) is 4.80. The van der Waals surface area contributed by atoms with Gasteiger partial charge in [0.15, 0.2) is 23.1 Å². The van der Waals surface area contributed by atoms with Gasteiger partial charge in [-0.1, -0.05) is 0 Å². The maximum absolute atomic E-state index is 11.8. The zero-order chi connectivity index (χ0) is 13.2. The predicted octanol–water partition coefficient (Wildman–Crippen LogP) is 1.84. The van der Waals surface area contributed by atoms with Crippen molar-refractivity contribution in [1.29, 1.82) is 0 Å². The molecule has 90 valence electrons. The van der Waals surface area contributed by atoms with E-state index in [1.807, 2.05) is 0 Å². The van der Waals surface area contributed by atoms with Gasteiger partial charge < -0.3 is 0 Å². The normalized spacial score (nSPS) is 17.4. The number of ketones is 4. The average molecular weight is 242 g/mol. The van der Waals surface area contributed by atoms with Gasteiger partial charge in [0.25, 0.3) is 0 Å². The molecule has 0 saturated heterocycles. The number of hydrogen-bond donors (Lipinski definition) is 0. The van der Waals surface area contributed by atoms with Crippen LogP contribution in [-0.2, 0) is 0 Å². The Morgan fingerprint density at radius 3 is 1.00 bits per heavy atom. The first-order valence-corrected chi connectivity index (χ1v) is 5.73. The minimum absolute atomic E-state index is 0.151. The Morgan fingerprint density at radius 2 is 0.778 bits per heavy atom. The van der Waals surface area contributed by atoms with Crippen LogP contribution in [0.5, 0.6) is 0 Å². The minimum Gasteiger partial charge on any atom is -0.294 e. The SMILES string of the molecule is Cc1c2c(c(C)c3c1C(=O)CC3=O)C(=O)CC2=O. The van der Waals surface area contributed by atoms with E-state index in [4.69, 9.17) is 0 Å². The zero-order valence-electron chi connectivity index (χ0n) is 10.0. The van der Waals surface area contributed by atoms with Crippen LogP contribution in [0.25, 0.3) is 0 Å². The van der Waals surface area contributed by atoms with E-state index in [0.29, 0.717) is 33.4 Å². The van der Waals surface area contributed by atoms with Gasteiger partial charge in [-0.05, 0) is 25.0 Å². The third kappa shape index (κ3) is 1.10. The number of fused-ring (bicyclic) bond motifs is 2. The lowest BCUT2D eigenvalue weighted by molar-refractivity contribution is 0.0910. The Bertz CT molecular complexity index is 568. The Labute approximate surface area is 103 Å². The van der Waals surface area contributed by atoms with Gasteiger partial charge >= 0.3 is 0 Å². The molecule has 0 aromatic heterocycles. The third-order valence-corrected chi connectivity index (χ3v) is 3.76. The molecule has 2 aliphatic rings. The average Bonchev–Trinajstić information content (AvgIpc) is 2.73. The summed E-state index contributed by atoms with van der Waals surface area (Å²) in [7, 11) is 0. The topological polar surface area (TPSA) is 68.3 Å². The highest BCUT2D eigenvalue weighted by molar-refractivity contribution is 6.31. The van der Waals surface area contributed by atoms with E-state index in [1.165, 1.54) is 0 Å². The van der Waals surface area contributed by atoms with Gasteiger partial charge in [-0.2, -0.15) is 0 Å². The molecule has 0 N–H and O–H groups in total. The molecule has 0 radical (unpaired) electrons. The molecule has 18 heavy (non-hydrogen) atoms. The van der Waals surface area contributed by atoms with Crippen molar-refractivity contribution >= 4 is 23.1 Å². The number of carbonyl (C=O) groups is 4. The molecule has 0 heterocycles. The minimum atomic E-state index is -0.245.